The van der Waals surface area contributed by atoms with Crippen molar-refractivity contribution in [3.05, 3.63) is 70.9 Å². The molecule has 1 heterocycles. The molecule has 2 aromatic carbocycles. The van der Waals surface area contributed by atoms with Crippen LogP contribution in [0.15, 0.2) is 48.5 Å². The molecule has 0 aliphatic heterocycles. The number of carbonyl (C=O) groups is 2. The van der Waals surface area contributed by atoms with Gasteiger partial charge in [-0.15, -0.1) is 0 Å². The number of carbonyl (C=O) groups excluding carboxylic acids is 2. The molecule has 0 unspecified atom stereocenters. The number of para-hydroxylation sites is 1. The maximum absolute atomic E-state index is 12.6. The highest BCUT2D eigenvalue weighted by Crippen LogP contribution is 2.22. The first-order valence-corrected chi connectivity index (χ1v) is 9.06. The minimum absolute atomic E-state index is 0.408. The number of rotatable bonds is 4. The lowest BCUT2D eigenvalue weighted by Gasteiger charge is -2.17. The van der Waals surface area contributed by atoms with Gasteiger partial charge in [-0.05, 0) is 57.0 Å². The first-order chi connectivity index (χ1) is 13.4. The van der Waals surface area contributed by atoms with E-state index in [9.17, 15) is 9.59 Å². The average molecular weight is 377 g/mol. The number of benzene rings is 2. The quantitative estimate of drug-likeness (QED) is 0.683. The fourth-order valence-corrected chi connectivity index (χ4v) is 2.88. The molecule has 2 N–H and O–H groups in total. The summed E-state index contributed by atoms with van der Waals surface area (Å²) in [5.41, 5.74) is 8.86. The summed E-state index contributed by atoms with van der Waals surface area (Å²) in [4.78, 5) is 29.4. The van der Waals surface area contributed by atoms with Gasteiger partial charge in [0.1, 0.15) is 5.75 Å². The Hall–Kier alpha value is -3.41. The number of amides is 2. The van der Waals surface area contributed by atoms with Gasteiger partial charge in [-0.25, -0.2) is 0 Å². The second-order valence-corrected chi connectivity index (χ2v) is 6.73. The van der Waals surface area contributed by atoms with E-state index >= 15 is 0 Å². The summed E-state index contributed by atoms with van der Waals surface area (Å²) < 4.78 is 5.74. The molecule has 28 heavy (non-hydrogen) atoms. The molecule has 0 saturated carbocycles. The number of aryl methyl sites for hydroxylation is 2. The van der Waals surface area contributed by atoms with Crippen LogP contribution in [-0.4, -0.2) is 22.9 Å². The minimum atomic E-state index is -0.767. The van der Waals surface area contributed by atoms with E-state index < -0.39 is 17.9 Å². The topological polar surface area (TPSA) is 80.3 Å². The summed E-state index contributed by atoms with van der Waals surface area (Å²) in [6.07, 6.45) is -0.767. The molecule has 0 aliphatic carbocycles. The lowest BCUT2D eigenvalue weighted by Crippen LogP contribution is -2.47. The molecule has 2 amide bonds. The fourth-order valence-electron chi connectivity index (χ4n) is 2.88. The molecular weight excluding hydrogens is 354 g/mol. The minimum Gasteiger partial charge on any atom is -0.481 e. The predicted octanol–water partition coefficient (Wildman–Crippen LogP) is 3.39. The van der Waals surface area contributed by atoms with Crippen LogP contribution in [0.4, 0.5) is 0 Å². The number of ether oxygens (including phenoxy) is 1. The van der Waals surface area contributed by atoms with Crippen molar-refractivity contribution in [1.82, 2.24) is 15.8 Å². The zero-order chi connectivity index (χ0) is 20.3. The van der Waals surface area contributed by atoms with Gasteiger partial charge in [-0.2, -0.15) is 0 Å². The van der Waals surface area contributed by atoms with E-state index in [-0.39, 0.29) is 0 Å². The van der Waals surface area contributed by atoms with Crippen LogP contribution in [0.3, 0.4) is 0 Å². The second kappa shape index (κ2) is 8.08. The Kier molecular flexibility index (Phi) is 5.59. The van der Waals surface area contributed by atoms with Gasteiger partial charge in [-0.1, -0.05) is 30.3 Å². The van der Waals surface area contributed by atoms with Crippen LogP contribution >= 0.6 is 0 Å². The first-order valence-electron chi connectivity index (χ1n) is 9.06. The van der Waals surface area contributed by atoms with Crippen LogP contribution in [0.2, 0.25) is 0 Å². The van der Waals surface area contributed by atoms with Crippen molar-refractivity contribution in [2.45, 2.75) is 33.8 Å². The maximum Gasteiger partial charge on any atom is 0.279 e. The summed E-state index contributed by atoms with van der Waals surface area (Å²) in [5, 5.41) is 0.722. The van der Waals surface area contributed by atoms with Crippen LogP contribution in [0.5, 0.6) is 5.75 Å². The molecule has 0 saturated heterocycles. The monoisotopic (exact) mass is 377 g/mol. The SMILES string of the molecule is Cc1cc(C(=O)NNC(=O)[C@@H](C)Oc2cccc(C)c2C)c2ccccc2n1. The molecular formula is C22H23N3O3. The summed E-state index contributed by atoms with van der Waals surface area (Å²) in [7, 11) is 0. The third kappa shape index (κ3) is 4.11. The van der Waals surface area contributed by atoms with Crippen LogP contribution in [0.1, 0.15) is 34.1 Å². The number of hydrogen-bond donors (Lipinski definition) is 2. The van der Waals surface area contributed by atoms with Gasteiger partial charge in [-0.3, -0.25) is 25.4 Å². The molecule has 144 valence electrons. The van der Waals surface area contributed by atoms with Crippen molar-refractivity contribution in [2.75, 3.05) is 0 Å². The van der Waals surface area contributed by atoms with E-state index in [4.69, 9.17) is 4.74 Å². The highest BCUT2D eigenvalue weighted by Gasteiger charge is 2.18. The highest BCUT2D eigenvalue weighted by molar-refractivity contribution is 6.06. The Balaban J connectivity index is 1.67. The molecule has 1 aromatic heterocycles. The zero-order valence-corrected chi connectivity index (χ0v) is 16.4. The number of nitrogens with one attached hydrogen (secondary N) is 2. The van der Waals surface area contributed by atoms with Crippen LogP contribution < -0.4 is 15.6 Å². The van der Waals surface area contributed by atoms with E-state index in [0.29, 0.717) is 11.3 Å². The molecule has 3 rings (SSSR count). The lowest BCUT2D eigenvalue weighted by molar-refractivity contribution is -0.128. The van der Waals surface area contributed by atoms with Gasteiger partial charge in [0.05, 0.1) is 11.1 Å². The van der Waals surface area contributed by atoms with E-state index in [1.165, 1.54) is 0 Å². The third-order valence-corrected chi connectivity index (χ3v) is 4.62. The van der Waals surface area contributed by atoms with Crippen molar-refractivity contribution in [2.24, 2.45) is 0 Å². The van der Waals surface area contributed by atoms with Crippen molar-refractivity contribution in [3.8, 4) is 5.75 Å². The lowest BCUT2D eigenvalue weighted by atomic mass is 10.1. The zero-order valence-electron chi connectivity index (χ0n) is 16.4. The molecule has 0 fully saturated rings. The van der Waals surface area contributed by atoms with Gasteiger partial charge in [0.25, 0.3) is 11.8 Å². The fraction of sp³-hybridized carbons (Fsp3) is 0.227. The number of fused-ring (bicyclic) bond motifs is 1. The number of pyridine rings is 1. The van der Waals surface area contributed by atoms with E-state index in [0.717, 1.165) is 27.7 Å². The molecule has 6 nitrogen and oxygen atoms in total. The van der Waals surface area contributed by atoms with Gasteiger partial charge >= 0.3 is 0 Å². The van der Waals surface area contributed by atoms with Gasteiger partial charge in [0.15, 0.2) is 6.10 Å². The van der Waals surface area contributed by atoms with Crippen LogP contribution in [-0.2, 0) is 4.79 Å². The summed E-state index contributed by atoms with van der Waals surface area (Å²) >= 11 is 0. The Morgan fingerprint density at radius 1 is 1.00 bits per heavy atom. The van der Waals surface area contributed by atoms with Gasteiger partial charge in [0.2, 0.25) is 0 Å². The Labute approximate surface area is 163 Å². The highest BCUT2D eigenvalue weighted by atomic mass is 16.5. The van der Waals surface area contributed by atoms with E-state index in [2.05, 4.69) is 15.8 Å². The average Bonchev–Trinajstić information content (AvgIpc) is 2.68. The van der Waals surface area contributed by atoms with Crippen molar-refractivity contribution < 1.29 is 14.3 Å². The van der Waals surface area contributed by atoms with Crippen molar-refractivity contribution in [1.29, 1.82) is 0 Å². The molecule has 0 aliphatic rings. The summed E-state index contributed by atoms with van der Waals surface area (Å²) in [6.45, 7) is 7.37. The summed E-state index contributed by atoms with van der Waals surface area (Å²) in [6, 6.07) is 14.7. The van der Waals surface area contributed by atoms with Crippen molar-refractivity contribution in [3.63, 3.8) is 0 Å². The Bertz CT molecular complexity index is 1050. The number of aromatic nitrogens is 1. The van der Waals surface area contributed by atoms with Crippen LogP contribution in [0, 0.1) is 20.8 Å². The smallest absolute Gasteiger partial charge is 0.279 e. The standard InChI is InChI=1S/C22H23N3O3/c1-13-8-7-11-20(15(13)3)28-16(4)21(26)24-25-22(27)18-12-14(2)23-19-10-6-5-9-17(18)19/h5-12,16H,1-4H3,(H,24,26)(H,25,27)/t16-/m1/s1. The molecule has 0 spiro atoms. The number of nitrogens with zero attached hydrogens (tertiary/aromatic N) is 1. The normalized spacial score (nSPS) is 11.7. The number of hydrazine groups is 1. The molecule has 1 atom stereocenters. The van der Waals surface area contributed by atoms with Gasteiger partial charge in [0, 0.05) is 11.1 Å². The maximum atomic E-state index is 12.6. The van der Waals surface area contributed by atoms with Crippen LogP contribution in [0.25, 0.3) is 10.9 Å². The molecule has 0 bridgehead atoms. The van der Waals surface area contributed by atoms with Gasteiger partial charge < -0.3 is 4.74 Å². The number of hydrogen-bond acceptors (Lipinski definition) is 4. The largest absolute Gasteiger partial charge is 0.481 e. The molecule has 3 aromatic rings. The van der Waals surface area contributed by atoms with E-state index in [1.54, 1.807) is 13.0 Å². The first kappa shape index (κ1) is 19.4. The molecule has 0 radical (unpaired) electrons. The van der Waals surface area contributed by atoms with E-state index in [1.807, 2.05) is 63.2 Å². The summed E-state index contributed by atoms with van der Waals surface area (Å²) in [5.74, 6) is -0.206. The third-order valence-electron chi connectivity index (χ3n) is 4.62. The molecule has 6 heteroatoms. The second-order valence-electron chi connectivity index (χ2n) is 6.73. The Morgan fingerprint density at radius 3 is 2.54 bits per heavy atom. The Morgan fingerprint density at radius 2 is 1.75 bits per heavy atom. The van der Waals surface area contributed by atoms with Crippen molar-refractivity contribution >= 4 is 22.7 Å². The predicted molar refractivity (Wildman–Crippen MR) is 108 cm³/mol.